The Balaban J connectivity index is 1.78. The summed E-state index contributed by atoms with van der Waals surface area (Å²) in [6.45, 7) is 2.35. The minimum atomic E-state index is 0.293. The van der Waals surface area contributed by atoms with E-state index in [-0.39, 0.29) is 0 Å². The molecule has 0 saturated heterocycles. The number of rotatable bonds is 2. The second-order valence-corrected chi connectivity index (χ2v) is 5.86. The van der Waals surface area contributed by atoms with E-state index in [4.69, 9.17) is 10.5 Å². The summed E-state index contributed by atoms with van der Waals surface area (Å²) in [6, 6.07) is 0.293. The monoisotopic (exact) mass is 225 g/mol. The van der Waals surface area contributed by atoms with Crippen molar-refractivity contribution in [1.82, 2.24) is 0 Å². The molecule has 2 aliphatic carbocycles. The standard InChI is InChI=1S/C14H27NO/c1-11-7-9-12(10-8-11)16-14-6-4-2-3-5-13(14)15/h11-14H,2-10,15H2,1H3. The molecule has 2 N–H and O–H groups in total. The molecule has 2 unspecified atom stereocenters. The smallest absolute Gasteiger partial charge is 0.0729 e. The Morgan fingerprint density at radius 3 is 2.31 bits per heavy atom. The first-order valence-corrected chi connectivity index (χ1v) is 7.16. The molecule has 2 aliphatic rings. The van der Waals surface area contributed by atoms with E-state index in [1.165, 1.54) is 51.4 Å². The molecule has 0 aliphatic heterocycles. The molecule has 0 spiro atoms. The number of hydrogen-bond acceptors (Lipinski definition) is 2. The highest BCUT2D eigenvalue weighted by atomic mass is 16.5. The topological polar surface area (TPSA) is 35.2 Å². The van der Waals surface area contributed by atoms with Crippen molar-refractivity contribution in [2.24, 2.45) is 11.7 Å². The summed E-state index contributed by atoms with van der Waals surface area (Å²) >= 11 is 0. The van der Waals surface area contributed by atoms with Crippen molar-refractivity contribution in [3.63, 3.8) is 0 Å². The van der Waals surface area contributed by atoms with Gasteiger partial charge in [-0.3, -0.25) is 0 Å². The van der Waals surface area contributed by atoms with Crippen LogP contribution >= 0.6 is 0 Å². The maximum atomic E-state index is 6.25. The lowest BCUT2D eigenvalue weighted by atomic mass is 9.88. The van der Waals surface area contributed by atoms with Gasteiger partial charge in [-0.1, -0.05) is 26.2 Å². The second-order valence-electron chi connectivity index (χ2n) is 5.86. The van der Waals surface area contributed by atoms with Crippen LogP contribution in [-0.4, -0.2) is 18.2 Å². The van der Waals surface area contributed by atoms with Crippen LogP contribution in [0.5, 0.6) is 0 Å². The molecule has 2 rings (SSSR count). The zero-order chi connectivity index (χ0) is 11.4. The highest BCUT2D eigenvalue weighted by Gasteiger charge is 2.26. The van der Waals surface area contributed by atoms with Crippen LogP contribution in [0.3, 0.4) is 0 Å². The van der Waals surface area contributed by atoms with Crippen LogP contribution in [0.4, 0.5) is 0 Å². The van der Waals surface area contributed by atoms with E-state index in [0.717, 1.165) is 12.3 Å². The first-order chi connectivity index (χ1) is 7.75. The third-order valence-corrected chi connectivity index (χ3v) is 4.33. The van der Waals surface area contributed by atoms with Gasteiger partial charge in [0.1, 0.15) is 0 Å². The van der Waals surface area contributed by atoms with Gasteiger partial charge in [0, 0.05) is 6.04 Å². The normalized spacial score (nSPS) is 41.6. The third-order valence-electron chi connectivity index (χ3n) is 4.33. The quantitative estimate of drug-likeness (QED) is 0.732. The Morgan fingerprint density at radius 1 is 0.875 bits per heavy atom. The van der Waals surface area contributed by atoms with Gasteiger partial charge in [-0.2, -0.15) is 0 Å². The van der Waals surface area contributed by atoms with E-state index in [9.17, 15) is 0 Å². The first kappa shape index (κ1) is 12.4. The van der Waals surface area contributed by atoms with Gasteiger partial charge in [0.15, 0.2) is 0 Å². The first-order valence-electron chi connectivity index (χ1n) is 7.16. The average molecular weight is 225 g/mol. The SMILES string of the molecule is CC1CCC(OC2CCCCCC2N)CC1. The zero-order valence-electron chi connectivity index (χ0n) is 10.7. The molecule has 0 aromatic rings. The molecule has 0 amide bonds. The third kappa shape index (κ3) is 3.46. The van der Waals surface area contributed by atoms with Gasteiger partial charge in [-0.25, -0.2) is 0 Å². The summed E-state index contributed by atoms with van der Waals surface area (Å²) in [5.41, 5.74) is 6.20. The van der Waals surface area contributed by atoms with Crippen LogP contribution in [0.25, 0.3) is 0 Å². The fraction of sp³-hybridized carbons (Fsp3) is 1.00. The van der Waals surface area contributed by atoms with Crippen LogP contribution < -0.4 is 5.73 Å². The zero-order valence-corrected chi connectivity index (χ0v) is 10.7. The fourth-order valence-electron chi connectivity index (χ4n) is 3.08. The van der Waals surface area contributed by atoms with Crippen LogP contribution in [-0.2, 0) is 4.74 Å². The number of ether oxygens (including phenoxy) is 1. The van der Waals surface area contributed by atoms with Gasteiger partial charge >= 0.3 is 0 Å². The maximum Gasteiger partial charge on any atom is 0.0729 e. The fourth-order valence-corrected chi connectivity index (χ4v) is 3.08. The molecule has 0 radical (unpaired) electrons. The Hall–Kier alpha value is -0.0800. The molecule has 0 aromatic carbocycles. The lowest BCUT2D eigenvalue weighted by Gasteiger charge is -2.32. The van der Waals surface area contributed by atoms with Gasteiger partial charge in [0.2, 0.25) is 0 Å². The molecule has 94 valence electrons. The minimum absolute atomic E-state index is 0.293. The van der Waals surface area contributed by atoms with Gasteiger partial charge in [0.05, 0.1) is 12.2 Å². The summed E-state index contributed by atoms with van der Waals surface area (Å²) in [5.74, 6) is 0.905. The highest BCUT2D eigenvalue weighted by Crippen LogP contribution is 2.29. The van der Waals surface area contributed by atoms with Crippen LogP contribution in [0, 0.1) is 5.92 Å². The molecule has 2 saturated carbocycles. The average Bonchev–Trinajstić information content (AvgIpc) is 2.48. The maximum absolute atomic E-state index is 6.25. The molecule has 16 heavy (non-hydrogen) atoms. The molecular weight excluding hydrogens is 198 g/mol. The summed E-state index contributed by atoms with van der Waals surface area (Å²) in [4.78, 5) is 0. The molecule has 2 fully saturated rings. The van der Waals surface area contributed by atoms with Crippen molar-refractivity contribution in [2.75, 3.05) is 0 Å². The van der Waals surface area contributed by atoms with Crippen LogP contribution in [0.1, 0.15) is 64.7 Å². The minimum Gasteiger partial charge on any atom is -0.373 e. The van der Waals surface area contributed by atoms with Crippen molar-refractivity contribution in [3.8, 4) is 0 Å². The van der Waals surface area contributed by atoms with Crippen LogP contribution in [0.2, 0.25) is 0 Å². The second kappa shape index (κ2) is 6.02. The number of hydrogen-bond donors (Lipinski definition) is 1. The lowest BCUT2D eigenvalue weighted by Crippen LogP contribution is -2.39. The van der Waals surface area contributed by atoms with Crippen molar-refractivity contribution in [3.05, 3.63) is 0 Å². The molecule has 0 heterocycles. The van der Waals surface area contributed by atoms with Gasteiger partial charge in [0.25, 0.3) is 0 Å². The Morgan fingerprint density at radius 2 is 1.56 bits per heavy atom. The summed E-state index contributed by atoms with van der Waals surface area (Å²) in [5, 5.41) is 0. The highest BCUT2D eigenvalue weighted by molar-refractivity contribution is 4.80. The van der Waals surface area contributed by atoms with Crippen molar-refractivity contribution in [2.45, 2.75) is 83.0 Å². The van der Waals surface area contributed by atoms with E-state index in [1.54, 1.807) is 0 Å². The van der Waals surface area contributed by atoms with E-state index in [2.05, 4.69) is 6.92 Å². The van der Waals surface area contributed by atoms with E-state index in [1.807, 2.05) is 0 Å². The van der Waals surface area contributed by atoms with E-state index < -0.39 is 0 Å². The van der Waals surface area contributed by atoms with Crippen molar-refractivity contribution in [1.29, 1.82) is 0 Å². The Bertz CT molecular complexity index is 199. The van der Waals surface area contributed by atoms with Gasteiger partial charge in [-0.05, 0) is 44.4 Å². The van der Waals surface area contributed by atoms with E-state index >= 15 is 0 Å². The predicted octanol–water partition coefficient (Wildman–Crippen LogP) is 3.24. The molecule has 2 nitrogen and oxygen atoms in total. The lowest BCUT2D eigenvalue weighted by molar-refractivity contribution is -0.0487. The predicted molar refractivity (Wildman–Crippen MR) is 67.4 cm³/mol. The van der Waals surface area contributed by atoms with Crippen molar-refractivity contribution < 1.29 is 4.74 Å². The van der Waals surface area contributed by atoms with Gasteiger partial charge in [-0.15, -0.1) is 0 Å². The Labute approximate surface area is 99.9 Å². The number of nitrogens with two attached hydrogens (primary N) is 1. The summed E-state index contributed by atoms with van der Waals surface area (Å²) in [7, 11) is 0. The van der Waals surface area contributed by atoms with Crippen molar-refractivity contribution >= 4 is 0 Å². The molecule has 2 heteroatoms. The van der Waals surface area contributed by atoms with Gasteiger partial charge < -0.3 is 10.5 Å². The summed E-state index contributed by atoms with van der Waals surface area (Å²) < 4.78 is 6.25. The molecule has 0 bridgehead atoms. The molecule has 0 aromatic heterocycles. The van der Waals surface area contributed by atoms with Crippen LogP contribution in [0.15, 0.2) is 0 Å². The molecule has 2 atom stereocenters. The Kier molecular flexibility index (Phi) is 4.66. The largest absolute Gasteiger partial charge is 0.373 e. The molecular formula is C14H27NO. The summed E-state index contributed by atoms with van der Waals surface area (Å²) in [6.07, 6.45) is 12.3. The van der Waals surface area contributed by atoms with E-state index in [0.29, 0.717) is 18.2 Å².